The lowest BCUT2D eigenvalue weighted by Gasteiger charge is -2.26. The summed E-state index contributed by atoms with van der Waals surface area (Å²) in [7, 11) is 0. The third kappa shape index (κ3) is 3.89. The maximum Gasteiger partial charge on any atom is 0.0737 e. The van der Waals surface area contributed by atoms with E-state index in [1.807, 2.05) is 12.1 Å². The first-order valence-corrected chi connectivity index (χ1v) is 7.14. The first kappa shape index (κ1) is 13.7. The van der Waals surface area contributed by atoms with E-state index in [1.54, 1.807) is 6.07 Å². The molecule has 0 radical (unpaired) electrons. The molecule has 2 N–H and O–H groups in total. The molecule has 0 spiro atoms. The first-order chi connectivity index (χ1) is 8.65. The zero-order valence-electron chi connectivity index (χ0n) is 11.0. The number of nitrogen functional groups attached to an aromatic ring is 1. The molecule has 0 aliphatic heterocycles. The van der Waals surface area contributed by atoms with Gasteiger partial charge in [0.05, 0.1) is 6.61 Å². The van der Waals surface area contributed by atoms with Crippen molar-refractivity contribution >= 4 is 17.3 Å². The molecule has 1 fully saturated rings. The van der Waals surface area contributed by atoms with E-state index in [1.165, 1.54) is 25.7 Å². The maximum absolute atomic E-state index is 5.90. The van der Waals surface area contributed by atoms with E-state index >= 15 is 0 Å². The van der Waals surface area contributed by atoms with Crippen LogP contribution in [0.5, 0.6) is 0 Å². The monoisotopic (exact) mass is 267 g/mol. The molecule has 2 nitrogen and oxygen atoms in total. The molecule has 0 amide bonds. The highest BCUT2D eigenvalue weighted by atomic mass is 35.5. The second-order valence-corrected chi connectivity index (χ2v) is 5.93. The summed E-state index contributed by atoms with van der Waals surface area (Å²) < 4.78 is 5.81. The number of ether oxygens (including phenoxy) is 1. The number of halogens is 1. The minimum Gasteiger partial charge on any atom is -0.398 e. The van der Waals surface area contributed by atoms with Crippen molar-refractivity contribution in [3.63, 3.8) is 0 Å². The Morgan fingerprint density at radius 3 is 2.94 bits per heavy atom. The zero-order chi connectivity index (χ0) is 13.0. The largest absolute Gasteiger partial charge is 0.398 e. The average Bonchev–Trinajstić information content (AvgIpc) is 2.32. The van der Waals surface area contributed by atoms with Crippen molar-refractivity contribution in [3.05, 3.63) is 28.8 Å². The summed E-state index contributed by atoms with van der Waals surface area (Å²) in [4.78, 5) is 0. The van der Waals surface area contributed by atoms with Crippen LogP contribution in [0.15, 0.2) is 18.2 Å². The van der Waals surface area contributed by atoms with Crippen LogP contribution < -0.4 is 5.73 Å². The topological polar surface area (TPSA) is 35.2 Å². The molecule has 0 aromatic heterocycles. The van der Waals surface area contributed by atoms with E-state index in [0.717, 1.165) is 29.7 Å². The molecule has 2 atom stereocenters. The predicted molar refractivity (Wildman–Crippen MR) is 76.6 cm³/mol. The molecule has 1 aliphatic rings. The van der Waals surface area contributed by atoms with Gasteiger partial charge in [0.2, 0.25) is 0 Å². The van der Waals surface area contributed by atoms with E-state index in [2.05, 4.69) is 6.92 Å². The fraction of sp³-hybridized carbons (Fsp3) is 0.600. The van der Waals surface area contributed by atoms with Crippen molar-refractivity contribution in [1.29, 1.82) is 0 Å². The number of rotatable bonds is 4. The molecule has 3 heteroatoms. The quantitative estimate of drug-likeness (QED) is 0.827. The van der Waals surface area contributed by atoms with Crippen molar-refractivity contribution < 1.29 is 4.74 Å². The van der Waals surface area contributed by atoms with Gasteiger partial charge >= 0.3 is 0 Å². The van der Waals surface area contributed by atoms with Crippen LogP contribution in [0.1, 0.15) is 38.2 Å². The summed E-state index contributed by atoms with van der Waals surface area (Å²) >= 11 is 5.87. The summed E-state index contributed by atoms with van der Waals surface area (Å²) in [6, 6.07) is 5.59. The fourth-order valence-electron chi connectivity index (χ4n) is 2.74. The van der Waals surface area contributed by atoms with Crippen LogP contribution in [0, 0.1) is 11.8 Å². The van der Waals surface area contributed by atoms with Crippen molar-refractivity contribution in [2.45, 2.75) is 39.2 Å². The van der Waals surface area contributed by atoms with Gasteiger partial charge in [-0.3, -0.25) is 0 Å². The summed E-state index contributed by atoms with van der Waals surface area (Å²) in [6.45, 7) is 3.78. The average molecular weight is 268 g/mol. The smallest absolute Gasteiger partial charge is 0.0737 e. The lowest BCUT2D eigenvalue weighted by Crippen LogP contribution is -2.18. The minimum absolute atomic E-state index is 0.591. The van der Waals surface area contributed by atoms with Gasteiger partial charge in [-0.05, 0) is 36.8 Å². The third-order valence-corrected chi connectivity index (χ3v) is 4.00. The van der Waals surface area contributed by atoms with Gasteiger partial charge in [0, 0.05) is 22.9 Å². The molecule has 18 heavy (non-hydrogen) atoms. The lowest BCUT2D eigenvalue weighted by molar-refractivity contribution is 0.0661. The molecule has 2 rings (SSSR count). The van der Waals surface area contributed by atoms with Gasteiger partial charge in [0.1, 0.15) is 0 Å². The summed E-state index contributed by atoms with van der Waals surface area (Å²) in [6.07, 6.45) is 5.33. The van der Waals surface area contributed by atoms with Gasteiger partial charge in [0.25, 0.3) is 0 Å². The molecule has 2 unspecified atom stereocenters. The molecule has 1 saturated carbocycles. The second-order valence-electron chi connectivity index (χ2n) is 5.50. The molecule has 0 heterocycles. The van der Waals surface area contributed by atoms with Crippen molar-refractivity contribution in [2.75, 3.05) is 12.3 Å². The van der Waals surface area contributed by atoms with E-state index in [0.29, 0.717) is 11.6 Å². The highest BCUT2D eigenvalue weighted by molar-refractivity contribution is 6.30. The van der Waals surface area contributed by atoms with Gasteiger partial charge in [-0.15, -0.1) is 0 Å². The molecule has 100 valence electrons. The summed E-state index contributed by atoms with van der Waals surface area (Å²) in [5.41, 5.74) is 7.65. The molecule has 1 aromatic rings. The number of hydrogen-bond donors (Lipinski definition) is 1. The third-order valence-electron chi connectivity index (χ3n) is 3.76. The van der Waals surface area contributed by atoms with Crippen molar-refractivity contribution in [3.8, 4) is 0 Å². The molecular formula is C15H22ClNO. The molecule has 0 saturated heterocycles. The first-order valence-electron chi connectivity index (χ1n) is 6.77. The summed E-state index contributed by atoms with van der Waals surface area (Å²) in [5.74, 6) is 1.58. The number of nitrogens with two attached hydrogens (primary N) is 1. The van der Waals surface area contributed by atoms with E-state index in [9.17, 15) is 0 Å². The molecule has 1 aromatic carbocycles. The minimum atomic E-state index is 0.591. The van der Waals surface area contributed by atoms with Crippen molar-refractivity contribution in [2.24, 2.45) is 11.8 Å². The lowest BCUT2D eigenvalue weighted by atomic mass is 9.83. The van der Waals surface area contributed by atoms with Gasteiger partial charge in [-0.25, -0.2) is 0 Å². The Morgan fingerprint density at radius 1 is 1.39 bits per heavy atom. The van der Waals surface area contributed by atoms with Gasteiger partial charge < -0.3 is 10.5 Å². The van der Waals surface area contributed by atoms with Gasteiger partial charge in [-0.1, -0.05) is 37.4 Å². The Hall–Kier alpha value is -0.730. The van der Waals surface area contributed by atoms with Crippen molar-refractivity contribution in [1.82, 2.24) is 0 Å². The fourth-order valence-corrected chi connectivity index (χ4v) is 2.92. The maximum atomic E-state index is 5.90. The van der Waals surface area contributed by atoms with Gasteiger partial charge in [0.15, 0.2) is 0 Å². The Labute approximate surface area is 114 Å². The van der Waals surface area contributed by atoms with E-state index < -0.39 is 0 Å². The molecular weight excluding hydrogens is 246 g/mol. The van der Waals surface area contributed by atoms with Crippen LogP contribution in [0.3, 0.4) is 0 Å². The number of hydrogen-bond acceptors (Lipinski definition) is 2. The Kier molecular flexibility index (Phi) is 4.90. The molecule has 1 aliphatic carbocycles. The van der Waals surface area contributed by atoms with Crippen LogP contribution >= 0.6 is 11.6 Å². The van der Waals surface area contributed by atoms with Crippen LogP contribution in [-0.4, -0.2) is 6.61 Å². The Morgan fingerprint density at radius 2 is 2.22 bits per heavy atom. The van der Waals surface area contributed by atoms with E-state index in [-0.39, 0.29) is 0 Å². The SMILES string of the molecule is CC1CCCC(COCc2ccc(Cl)cc2N)C1. The highest BCUT2D eigenvalue weighted by Crippen LogP contribution is 2.29. The number of anilines is 1. The van der Waals surface area contributed by atoms with Crippen LogP contribution in [0.25, 0.3) is 0 Å². The molecule has 0 bridgehead atoms. The van der Waals surface area contributed by atoms with E-state index in [4.69, 9.17) is 22.1 Å². The summed E-state index contributed by atoms with van der Waals surface area (Å²) in [5, 5.41) is 0.678. The Bertz CT molecular complexity index is 394. The van der Waals surface area contributed by atoms with Crippen LogP contribution in [0.4, 0.5) is 5.69 Å². The predicted octanol–water partition coefficient (Wildman–Crippen LogP) is 4.27. The highest BCUT2D eigenvalue weighted by Gasteiger charge is 2.18. The standard InChI is InChI=1S/C15H22ClNO/c1-11-3-2-4-12(7-11)9-18-10-13-5-6-14(16)8-15(13)17/h5-6,8,11-12H,2-4,7,9-10,17H2,1H3. The second kappa shape index (κ2) is 6.44. The van der Waals surface area contributed by atoms with Gasteiger partial charge in [-0.2, -0.15) is 0 Å². The van der Waals surface area contributed by atoms with Crippen LogP contribution in [-0.2, 0) is 11.3 Å². The Balaban J connectivity index is 1.77. The number of benzene rings is 1. The zero-order valence-corrected chi connectivity index (χ0v) is 11.7. The van der Waals surface area contributed by atoms with Crippen LogP contribution in [0.2, 0.25) is 5.02 Å². The normalized spacial score (nSPS) is 24.1.